The van der Waals surface area contributed by atoms with Crippen LogP contribution in [0.5, 0.6) is 0 Å². The monoisotopic (exact) mass is 371 g/mol. The second kappa shape index (κ2) is 6.20. The van der Waals surface area contributed by atoms with Crippen molar-refractivity contribution in [3.05, 3.63) is 63.3 Å². The van der Waals surface area contributed by atoms with Gasteiger partial charge in [-0.25, -0.2) is 0 Å². The molecule has 0 spiro atoms. The highest BCUT2D eigenvalue weighted by atomic mass is 79.9. The first kappa shape index (κ1) is 15.8. The fraction of sp³-hybridized carbons (Fsp3) is 0.211. The number of benzene rings is 2. The third-order valence-corrected chi connectivity index (χ3v) is 4.58. The summed E-state index contributed by atoms with van der Waals surface area (Å²) in [6.07, 6.45) is 1.97. The van der Waals surface area contributed by atoms with Crippen LogP contribution in [0.3, 0.4) is 0 Å². The van der Waals surface area contributed by atoms with Crippen LogP contribution in [-0.2, 0) is 11.2 Å². The number of hydrogen-bond donors (Lipinski definition) is 1. The van der Waals surface area contributed by atoms with Crippen LogP contribution in [0.1, 0.15) is 22.3 Å². The third-order valence-electron chi connectivity index (χ3n) is 4.08. The molecule has 23 heavy (non-hydrogen) atoms. The Kier molecular flexibility index (Phi) is 4.26. The molecule has 1 heterocycles. The molecule has 1 aromatic heterocycles. The summed E-state index contributed by atoms with van der Waals surface area (Å²) in [7, 11) is 0. The fourth-order valence-electron chi connectivity index (χ4n) is 2.61. The van der Waals surface area contributed by atoms with Crippen LogP contribution in [0.2, 0.25) is 0 Å². The minimum Gasteiger partial charge on any atom is -0.464 e. The summed E-state index contributed by atoms with van der Waals surface area (Å²) in [5, 5.41) is 3.97. The Bertz CT molecular complexity index is 896. The van der Waals surface area contributed by atoms with E-state index < -0.39 is 0 Å². The number of anilines is 1. The Morgan fingerprint density at radius 2 is 1.83 bits per heavy atom. The molecule has 1 amide bonds. The second-order valence-corrected chi connectivity index (χ2v) is 6.79. The van der Waals surface area contributed by atoms with Gasteiger partial charge in [-0.15, -0.1) is 0 Å². The van der Waals surface area contributed by atoms with Crippen LogP contribution in [0.15, 0.2) is 45.5 Å². The van der Waals surface area contributed by atoms with Gasteiger partial charge in [0.15, 0.2) is 0 Å². The summed E-state index contributed by atoms with van der Waals surface area (Å²) >= 11 is 3.43. The van der Waals surface area contributed by atoms with Gasteiger partial charge in [0.05, 0.1) is 12.7 Å². The maximum absolute atomic E-state index is 12.3. The van der Waals surface area contributed by atoms with Gasteiger partial charge in [0, 0.05) is 21.1 Å². The zero-order valence-corrected chi connectivity index (χ0v) is 15.0. The predicted molar refractivity (Wildman–Crippen MR) is 96.9 cm³/mol. The molecule has 4 heteroatoms. The van der Waals surface area contributed by atoms with Crippen molar-refractivity contribution in [2.75, 3.05) is 5.32 Å². The van der Waals surface area contributed by atoms with Crippen molar-refractivity contribution in [3.8, 4) is 0 Å². The standard InChI is InChI=1S/C19H18BrNO2/c1-11-7-16-14(10-23-18(16)8-12(11)2)9-19(22)21-17-5-4-15(20)6-13(17)3/h4-8,10H,9H2,1-3H3,(H,21,22). The molecule has 0 aliphatic rings. The Labute approximate surface area is 143 Å². The predicted octanol–water partition coefficient (Wildman–Crippen LogP) is 5.30. The van der Waals surface area contributed by atoms with Crippen molar-refractivity contribution < 1.29 is 9.21 Å². The van der Waals surface area contributed by atoms with Crippen molar-refractivity contribution in [3.63, 3.8) is 0 Å². The molecule has 0 aliphatic carbocycles. The summed E-state index contributed by atoms with van der Waals surface area (Å²) < 4.78 is 6.59. The molecule has 2 aromatic carbocycles. The quantitative estimate of drug-likeness (QED) is 0.678. The topological polar surface area (TPSA) is 42.2 Å². The van der Waals surface area contributed by atoms with Gasteiger partial charge < -0.3 is 9.73 Å². The van der Waals surface area contributed by atoms with Crippen LogP contribution >= 0.6 is 15.9 Å². The maximum atomic E-state index is 12.3. The second-order valence-electron chi connectivity index (χ2n) is 5.88. The Hall–Kier alpha value is -2.07. The molecule has 3 rings (SSSR count). The molecule has 0 unspecified atom stereocenters. The van der Waals surface area contributed by atoms with Crippen molar-refractivity contribution in [2.45, 2.75) is 27.2 Å². The maximum Gasteiger partial charge on any atom is 0.228 e. The smallest absolute Gasteiger partial charge is 0.228 e. The van der Waals surface area contributed by atoms with E-state index in [4.69, 9.17) is 4.42 Å². The van der Waals surface area contributed by atoms with Crippen LogP contribution in [-0.4, -0.2) is 5.91 Å². The van der Waals surface area contributed by atoms with Crippen LogP contribution < -0.4 is 5.32 Å². The molecular weight excluding hydrogens is 354 g/mol. The van der Waals surface area contributed by atoms with Gasteiger partial charge in [-0.05, 0) is 67.8 Å². The minimum atomic E-state index is -0.0450. The van der Waals surface area contributed by atoms with E-state index in [9.17, 15) is 4.79 Å². The zero-order valence-electron chi connectivity index (χ0n) is 13.4. The lowest BCUT2D eigenvalue weighted by atomic mass is 10.0. The minimum absolute atomic E-state index is 0.0450. The Morgan fingerprint density at radius 3 is 2.57 bits per heavy atom. The molecular formula is C19H18BrNO2. The summed E-state index contributed by atoms with van der Waals surface area (Å²) in [5.41, 5.74) is 5.98. The van der Waals surface area contributed by atoms with E-state index in [-0.39, 0.29) is 5.91 Å². The molecule has 0 bridgehead atoms. The third kappa shape index (κ3) is 3.32. The number of amides is 1. The van der Waals surface area contributed by atoms with Gasteiger partial charge in [-0.3, -0.25) is 4.79 Å². The van der Waals surface area contributed by atoms with Gasteiger partial charge in [-0.1, -0.05) is 15.9 Å². The molecule has 0 aliphatic heterocycles. The van der Waals surface area contributed by atoms with Crippen LogP contribution in [0, 0.1) is 20.8 Å². The first-order valence-electron chi connectivity index (χ1n) is 7.47. The zero-order chi connectivity index (χ0) is 16.6. The van der Waals surface area contributed by atoms with Gasteiger partial charge in [0.2, 0.25) is 5.91 Å². The van der Waals surface area contributed by atoms with E-state index in [0.717, 1.165) is 32.3 Å². The van der Waals surface area contributed by atoms with Gasteiger partial charge in [-0.2, -0.15) is 0 Å². The molecule has 118 valence electrons. The normalized spacial score (nSPS) is 11.0. The molecule has 3 aromatic rings. The number of nitrogens with one attached hydrogen (secondary N) is 1. The molecule has 0 atom stereocenters. The summed E-state index contributed by atoms with van der Waals surface area (Å²) in [5.74, 6) is -0.0450. The van der Waals surface area contributed by atoms with Gasteiger partial charge >= 0.3 is 0 Å². The Morgan fingerprint density at radius 1 is 1.09 bits per heavy atom. The first-order valence-corrected chi connectivity index (χ1v) is 8.26. The van der Waals surface area contributed by atoms with E-state index in [1.54, 1.807) is 6.26 Å². The molecule has 3 nitrogen and oxygen atoms in total. The molecule has 0 saturated heterocycles. The number of furan rings is 1. The van der Waals surface area contributed by atoms with Crippen molar-refractivity contribution in [1.29, 1.82) is 0 Å². The van der Waals surface area contributed by atoms with Gasteiger partial charge in [0.1, 0.15) is 5.58 Å². The number of carbonyl (C=O) groups excluding carboxylic acids is 1. The molecule has 0 radical (unpaired) electrons. The lowest BCUT2D eigenvalue weighted by molar-refractivity contribution is -0.115. The van der Waals surface area contributed by atoms with Crippen molar-refractivity contribution in [1.82, 2.24) is 0 Å². The summed E-state index contributed by atoms with van der Waals surface area (Å²) in [6.45, 7) is 6.09. The number of aryl methyl sites for hydroxylation is 3. The number of fused-ring (bicyclic) bond motifs is 1. The average molecular weight is 372 g/mol. The number of halogens is 1. The summed E-state index contributed by atoms with van der Waals surface area (Å²) in [6, 6.07) is 9.90. The average Bonchev–Trinajstić information content (AvgIpc) is 2.85. The highest BCUT2D eigenvalue weighted by Crippen LogP contribution is 2.26. The highest BCUT2D eigenvalue weighted by molar-refractivity contribution is 9.10. The number of hydrogen-bond acceptors (Lipinski definition) is 2. The summed E-state index contributed by atoms with van der Waals surface area (Å²) in [4.78, 5) is 12.3. The highest BCUT2D eigenvalue weighted by Gasteiger charge is 2.12. The van der Waals surface area contributed by atoms with Gasteiger partial charge in [0.25, 0.3) is 0 Å². The SMILES string of the molecule is Cc1cc2occ(CC(=O)Nc3ccc(Br)cc3C)c2cc1C. The van der Waals surface area contributed by atoms with Crippen molar-refractivity contribution >= 4 is 38.5 Å². The lowest BCUT2D eigenvalue weighted by Crippen LogP contribution is -2.14. The molecule has 0 fully saturated rings. The lowest BCUT2D eigenvalue weighted by Gasteiger charge is -2.08. The van der Waals surface area contributed by atoms with E-state index in [1.165, 1.54) is 11.1 Å². The van der Waals surface area contributed by atoms with E-state index in [1.807, 2.05) is 31.2 Å². The fourth-order valence-corrected chi connectivity index (χ4v) is 3.08. The van der Waals surface area contributed by atoms with E-state index in [0.29, 0.717) is 6.42 Å². The Balaban J connectivity index is 1.81. The van der Waals surface area contributed by atoms with E-state index >= 15 is 0 Å². The first-order chi connectivity index (χ1) is 10.9. The largest absolute Gasteiger partial charge is 0.464 e. The molecule has 0 saturated carbocycles. The van der Waals surface area contributed by atoms with Crippen molar-refractivity contribution in [2.24, 2.45) is 0 Å². The van der Waals surface area contributed by atoms with E-state index in [2.05, 4.69) is 41.2 Å². The molecule has 1 N–H and O–H groups in total. The van der Waals surface area contributed by atoms with Crippen LogP contribution in [0.4, 0.5) is 5.69 Å². The number of rotatable bonds is 3. The van der Waals surface area contributed by atoms with Crippen LogP contribution in [0.25, 0.3) is 11.0 Å². The number of carbonyl (C=O) groups is 1.